The van der Waals surface area contributed by atoms with Gasteiger partial charge >= 0.3 is 0 Å². The molecular formula is C7H5BrN2O. The molecule has 3 nitrogen and oxygen atoms in total. The van der Waals surface area contributed by atoms with Gasteiger partial charge in [0.05, 0.1) is 5.56 Å². The Balaban J connectivity index is 2.68. The number of amides is 1. The fraction of sp³-hybridized carbons (Fsp3) is 0.143. The highest BCUT2D eigenvalue weighted by Gasteiger charge is 2.21. The van der Waals surface area contributed by atoms with Gasteiger partial charge < -0.3 is 5.32 Å². The maximum absolute atomic E-state index is 11.1. The van der Waals surface area contributed by atoms with Crippen molar-refractivity contribution in [2.45, 2.75) is 6.54 Å². The lowest BCUT2D eigenvalue weighted by Gasteiger charge is -1.95. The molecule has 2 heterocycles. The average Bonchev–Trinajstić information content (AvgIpc) is 2.34. The lowest BCUT2D eigenvalue weighted by atomic mass is 10.2. The summed E-state index contributed by atoms with van der Waals surface area (Å²) in [6.45, 7) is 0.620. The van der Waals surface area contributed by atoms with Gasteiger partial charge in [-0.1, -0.05) is 0 Å². The van der Waals surface area contributed by atoms with Gasteiger partial charge in [0.25, 0.3) is 5.91 Å². The van der Waals surface area contributed by atoms with Gasteiger partial charge in [0, 0.05) is 12.7 Å². The number of nitrogens with zero attached hydrogens (tertiary/aromatic N) is 1. The first-order valence-electron chi connectivity index (χ1n) is 3.20. The van der Waals surface area contributed by atoms with Crippen LogP contribution >= 0.6 is 15.9 Å². The maximum atomic E-state index is 11.1. The molecule has 0 atom stereocenters. The predicted molar refractivity (Wildman–Crippen MR) is 43.1 cm³/mol. The standard InChI is InChI=1S/C7H5BrN2O/c8-6-5-4(1-2-9-6)3-10-7(5)11/h1-2H,3H2,(H,10,11). The zero-order chi connectivity index (χ0) is 7.84. The minimum absolute atomic E-state index is 0.0417. The third-order valence-corrected chi connectivity index (χ3v) is 2.26. The van der Waals surface area contributed by atoms with E-state index in [4.69, 9.17) is 0 Å². The van der Waals surface area contributed by atoms with E-state index in [-0.39, 0.29) is 5.91 Å². The minimum atomic E-state index is -0.0417. The van der Waals surface area contributed by atoms with Crippen LogP contribution in [0.2, 0.25) is 0 Å². The number of carbonyl (C=O) groups excluding carboxylic acids is 1. The lowest BCUT2D eigenvalue weighted by Crippen LogP contribution is -2.12. The molecule has 0 radical (unpaired) electrons. The Labute approximate surface area is 72.0 Å². The molecule has 1 aliphatic rings. The normalized spacial score (nSPS) is 14.5. The van der Waals surface area contributed by atoms with E-state index in [9.17, 15) is 4.79 Å². The molecule has 1 aromatic rings. The first-order valence-corrected chi connectivity index (χ1v) is 4.00. The van der Waals surface area contributed by atoms with Crippen molar-refractivity contribution in [2.75, 3.05) is 0 Å². The van der Waals surface area contributed by atoms with Crippen LogP contribution in [0.3, 0.4) is 0 Å². The number of nitrogens with one attached hydrogen (secondary N) is 1. The molecule has 1 aromatic heterocycles. The summed E-state index contributed by atoms with van der Waals surface area (Å²) < 4.78 is 0.630. The van der Waals surface area contributed by atoms with Crippen molar-refractivity contribution < 1.29 is 4.79 Å². The van der Waals surface area contributed by atoms with Crippen LogP contribution in [-0.4, -0.2) is 10.9 Å². The van der Waals surface area contributed by atoms with Gasteiger partial charge in [0.15, 0.2) is 0 Å². The van der Waals surface area contributed by atoms with Crippen LogP contribution < -0.4 is 5.32 Å². The van der Waals surface area contributed by atoms with E-state index in [0.717, 1.165) is 5.56 Å². The van der Waals surface area contributed by atoms with Gasteiger partial charge in [0.2, 0.25) is 0 Å². The van der Waals surface area contributed by atoms with Crippen LogP contribution in [0.5, 0.6) is 0 Å². The summed E-state index contributed by atoms with van der Waals surface area (Å²) in [6, 6.07) is 1.85. The second-order valence-electron chi connectivity index (χ2n) is 2.32. The third kappa shape index (κ3) is 0.939. The summed E-state index contributed by atoms with van der Waals surface area (Å²) in [4.78, 5) is 15.1. The van der Waals surface area contributed by atoms with Gasteiger partial charge in [-0.2, -0.15) is 0 Å². The zero-order valence-electron chi connectivity index (χ0n) is 5.60. The van der Waals surface area contributed by atoms with Crippen LogP contribution in [0.15, 0.2) is 16.9 Å². The fourth-order valence-corrected chi connectivity index (χ4v) is 1.68. The van der Waals surface area contributed by atoms with Crippen molar-refractivity contribution >= 4 is 21.8 Å². The number of pyridine rings is 1. The molecule has 0 bridgehead atoms. The first-order chi connectivity index (χ1) is 5.29. The summed E-state index contributed by atoms with van der Waals surface area (Å²) in [6.07, 6.45) is 1.68. The molecule has 4 heteroatoms. The minimum Gasteiger partial charge on any atom is -0.348 e. The van der Waals surface area contributed by atoms with Crippen molar-refractivity contribution in [2.24, 2.45) is 0 Å². The Bertz CT molecular complexity index is 324. The van der Waals surface area contributed by atoms with Crippen LogP contribution in [0, 0.1) is 0 Å². The van der Waals surface area contributed by atoms with Gasteiger partial charge in [-0.25, -0.2) is 4.98 Å². The number of rotatable bonds is 0. The van der Waals surface area contributed by atoms with Crippen molar-refractivity contribution in [3.63, 3.8) is 0 Å². The molecule has 1 N–H and O–H groups in total. The molecule has 2 rings (SSSR count). The summed E-state index contributed by atoms with van der Waals surface area (Å²) >= 11 is 3.22. The quantitative estimate of drug-likeness (QED) is 0.655. The number of hydrogen-bond acceptors (Lipinski definition) is 2. The maximum Gasteiger partial charge on any atom is 0.254 e. The Morgan fingerprint density at radius 1 is 1.64 bits per heavy atom. The van der Waals surface area contributed by atoms with E-state index >= 15 is 0 Å². The number of hydrogen-bond donors (Lipinski definition) is 1. The molecule has 0 spiro atoms. The first kappa shape index (κ1) is 6.79. The van der Waals surface area contributed by atoms with E-state index in [1.807, 2.05) is 6.07 Å². The van der Waals surface area contributed by atoms with Crippen LogP contribution in [0.25, 0.3) is 0 Å². The van der Waals surface area contributed by atoms with Crippen molar-refractivity contribution in [1.82, 2.24) is 10.3 Å². The van der Waals surface area contributed by atoms with E-state index in [1.165, 1.54) is 0 Å². The SMILES string of the molecule is O=C1NCc2ccnc(Br)c21. The molecule has 0 unspecified atom stereocenters. The molecule has 0 aromatic carbocycles. The average molecular weight is 213 g/mol. The lowest BCUT2D eigenvalue weighted by molar-refractivity contribution is 0.0965. The van der Waals surface area contributed by atoms with E-state index in [1.54, 1.807) is 6.20 Å². The van der Waals surface area contributed by atoms with Crippen LogP contribution in [0.1, 0.15) is 15.9 Å². The third-order valence-electron chi connectivity index (χ3n) is 1.66. The Morgan fingerprint density at radius 2 is 2.45 bits per heavy atom. The smallest absolute Gasteiger partial charge is 0.254 e. The molecule has 0 saturated heterocycles. The van der Waals surface area contributed by atoms with E-state index in [2.05, 4.69) is 26.2 Å². The topological polar surface area (TPSA) is 42.0 Å². The predicted octanol–water partition coefficient (Wildman–Crippen LogP) is 1.09. The molecule has 11 heavy (non-hydrogen) atoms. The Morgan fingerprint density at radius 3 is 3.18 bits per heavy atom. The molecule has 0 saturated carbocycles. The number of halogens is 1. The molecule has 1 amide bonds. The van der Waals surface area contributed by atoms with E-state index < -0.39 is 0 Å². The molecule has 0 fully saturated rings. The second kappa shape index (κ2) is 2.30. The molecular weight excluding hydrogens is 208 g/mol. The highest BCUT2D eigenvalue weighted by atomic mass is 79.9. The summed E-state index contributed by atoms with van der Waals surface area (Å²) in [5.41, 5.74) is 1.68. The number of aromatic nitrogens is 1. The molecule has 56 valence electrons. The molecule has 1 aliphatic heterocycles. The summed E-state index contributed by atoms with van der Waals surface area (Å²) in [5.74, 6) is -0.0417. The Kier molecular flexibility index (Phi) is 1.42. The van der Waals surface area contributed by atoms with Gasteiger partial charge in [-0.3, -0.25) is 4.79 Å². The highest BCUT2D eigenvalue weighted by molar-refractivity contribution is 9.10. The molecule has 0 aliphatic carbocycles. The monoisotopic (exact) mass is 212 g/mol. The zero-order valence-corrected chi connectivity index (χ0v) is 7.18. The largest absolute Gasteiger partial charge is 0.348 e. The fourth-order valence-electron chi connectivity index (χ4n) is 1.12. The van der Waals surface area contributed by atoms with Crippen LogP contribution in [0.4, 0.5) is 0 Å². The van der Waals surface area contributed by atoms with E-state index in [0.29, 0.717) is 16.7 Å². The number of carbonyl (C=O) groups is 1. The van der Waals surface area contributed by atoms with Crippen LogP contribution in [-0.2, 0) is 6.54 Å². The van der Waals surface area contributed by atoms with Crippen molar-refractivity contribution in [1.29, 1.82) is 0 Å². The summed E-state index contributed by atoms with van der Waals surface area (Å²) in [5, 5.41) is 2.72. The second-order valence-corrected chi connectivity index (χ2v) is 3.07. The summed E-state index contributed by atoms with van der Waals surface area (Å²) in [7, 11) is 0. The van der Waals surface area contributed by atoms with Gasteiger partial charge in [-0.05, 0) is 27.6 Å². The van der Waals surface area contributed by atoms with Crippen molar-refractivity contribution in [3.8, 4) is 0 Å². The van der Waals surface area contributed by atoms with Gasteiger partial charge in [-0.15, -0.1) is 0 Å². The van der Waals surface area contributed by atoms with Crippen molar-refractivity contribution in [3.05, 3.63) is 28.0 Å². The Hall–Kier alpha value is -0.900. The van der Waals surface area contributed by atoms with Gasteiger partial charge in [0.1, 0.15) is 4.60 Å². The highest BCUT2D eigenvalue weighted by Crippen LogP contribution is 2.21. The number of fused-ring (bicyclic) bond motifs is 1.